The van der Waals surface area contributed by atoms with Crippen molar-refractivity contribution in [3.63, 3.8) is 0 Å². The van der Waals surface area contributed by atoms with Gasteiger partial charge in [-0.3, -0.25) is 0 Å². The molecule has 0 amide bonds. The zero-order valence-corrected chi connectivity index (χ0v) is 10.0. The smallest absolute Gasteiger partial charge is 0.320 e. The van der Waals surface area contributed by atoms with E-state index in [-0.39, 0.29) is 0 Å². The number of benzene rings is 1. The van der Waals surface area contributed by atoms with Crippen LogP contribution in [0.3, 0.4) is 0 Å². The molecule has 0 saturated carbocycles. The van der Waals surface area contributed by atoms with Crippen molar-refractivity contribution in [3.05, 3.63) is 24.0 Å². The molecule has 0 unspecified atom stereocenters. The molecule has 0 aromatic heterocycles. The van der Waals surface area contributed by atoms with Gasteiger partial charge in [-0.05, 0) is 18.2 Å². The largest absolute Gasteiger partial charge is 0.398 e. The van der Waals surface area contributed by atoms with Crippen molar-refractivity contribution in [2.24, 2.45) is 0 Å². The molecule has 0 aliphatic rings. The first-order chi connectivity index (χ1) is 8.56. The van der Waals surface area contributed by atoms with Crippen molar-refractivity contribution in [1.82, 2.24) is 4.72 Å². The average molecular weight is 304 g/mol. The molecule has 1 rings (SSSR count). The van der Waals surface area contributed by atoms with E-state index in [0.717, 1.165) is 12.1 Å². The lowest BCUT2D eigenvalue weighted by molar-refractivity contribution is -0.122. The standard InChI is InChI=1S/C9H9F5N2O2S/c10-5-1-2-6(15)7(3-5)19(17,18)16-4-9(13,14)8(11)12/h1-3,8,16H,4,15H2. The van der Waals surface area contributed by atoms with Crippen LogP contribution < -0.4 is 10.5 Å². The summed E-state index contributed by atoms with van der Waals surface area (Å²) in [5.74, 6) is -5.50. The van der Waals surface area contributed by atoms with Crippen molar-refractivity contribution in [2.45, 2.75) is 17.2 Å². The van der Waals surface area contributed by atoms with Gasteiger partial charge in [-0.25, -0.2) is 26.3 Å². The molecule has 0 spiro atoms. The van der Waals surface area contributed by atoms with Crippen LogP contribution >= 0.6 is 0 Å². The van der Waals surface area contributed by atoms with Crippen LogP contribution in [0.2, 0.25) is 0 Å². The number of sulfonamides is 1. The molecule has 0 aliphatic carbocycles. The van der Waals surface area contributed by atoms with Gasteiger partial charge >= 0.3 is 12.3 Å². The molecular formula is C9H9F5N2O2S. The summed E-state index contributed by atoms with van der Waals surface area (Å²) in [5.41, 5.74) is 4.86. The van der Waals surface area contributed by atoms with Gasteiger partial charge in [0.15, 0.2) is 0 Å². The van der Waals surface area contributed by atoms with Crippen LogP contribution in [0.4, 0.5) is 27.6 Å². The summed E-state index contributed by atoms with van der Waals surface area (Å²) in [5, 5.41) is 0. The first-order valence-corrected chi connectivity index (χ1v) is 6.25. The maximum atomic E-state index is 12.9. The highest BCUT2D eigenvalue weighted by atomic mass is 32.2. The van der Waals surface area contributed by atoms with Crippen LogP contribution in [-0.2, 0) is 10.0 Å². The molecule has 1 aromatic carbocycles. The average Bonchev–Trinajstić information content (AvgIpc) is 2.30. The minimum atomic E-state index is -4.61. The number of rotatable bonds is 5. The van der Waals surface area contributed by atoms with Crippen molar-refractivity contribution in [1.29, 1.82) is 0 Å². The third-order valence-corrected chi connectivity index (χ3v) is 3.54. The van der Waals surface area contributed by atoms with Gasteiger partial charge < -0.3 is 5.73 Å². The fourth-order valence-corrected chi connectivity index (χ4v) is 2.27. The van der Waals surface area contributed by atoms with Crippen LogP contribution in [0.25, 0.3) is 0 Å². The first kappa shape index (κ1) is 15.6. The molecule has 19 heavy (non-hydrogen) atoms. The van der Waals surface area contributed by atoms with E-state index in [1.54, 1.807) is 0 Å². The van der Waals surface area contributed by atoms with E-state index in [4.69, 9.17) is 5.73 Å². The monoisotopic (exact) mass is 304 g/mol. The predicted octanol–water partition coefficient (Wildman–Crippen LogP) is 1.59. The number of nitrogens with one attached hydrogen (secondary N) is 1. The summed E-state index contributed by atoms with van der Waals surface area (Å²) >= 11 is 0. The van der Waals surface area contributed by atoms with Crippen LogP contribution in [0.5, 0.6) is 0 Å². The molecule has 0 atom stereocenters. The Labute approximate surface area is 105 Å². The molecule has 0 fully saturated rings. The predicted molar refractivity (Wildman–Crippen MR) is 57.0 cm³/mol. The number of anilines is 1. The van der Waals surface area contributed by atoms with Crippen LogP contribution in [0, 0.1) is 5.82 Å². The van der Waals surface area contributed by atoms with E-state index in [1.807, 2.05) is 0 Å². The molecule has 3 N–H and O–H groups in total. The van der Waals surface area contributed by atoms with E-state index in [0.29, 0.717) is 6.07 Å². The minimum absolute atomic E-state index is 0.394. The third-order valence-electron chi connectivity index (χ3n) is 2.08. The SMILES string of the molecule is Nc1ccc(F)cc1S(=O)(=O)NCC(F)(F)C(F)F. The zero-order chi connectivity index (χ0) is 14.8. The molecule has 10 heteroatoms. The first-order valence-electron chi connectivity index (χ1n) is 4.77. The van der Waals surface area contributed by atoms with Gasteiger partial charge in [-0.2, -0.15) is 8.78 Å². The van der Waals surface area contributed by atoms with Crippen LogP contribution in [-0.4, -0.2) is 27.3 Å². The summed E-state index contributed by atoms with van der Waals surface area (Å²) < 4.78 is 86.1. The van der Waals surface area contributed by atoms with Gasteiger partial charge in [0.2, 0.25) is 10.0 Å². The fourth-order valence-electron chi connectivity index (χ4n) is 1.09. The highest BCUT2D eigenvalue weighted by Gasteiger charge is 2.41. The summed E-state index contributed by atoms with van der Waals surface area (Å²) in [4.78, 5) is -0.794. The van der Waals surface area contributed by atoms with Gasteiger partial charge in [-0.1, -0.05) is 0 Å². The third kappa shape index (κ3) is 3.77. The summed E-state index contributed by atoms with van der Waals surface area (Å²) in [6, 6.07) is 2.27. The number of hydrogen-bond acceptors (Lipinski definition) is 3. The summed E-state index contributed by atoms with van der Waals surface area (Å²) in [6.45, 7) is -1.82. The molecule has 0 saturated heterocycles. The maximum absolute atomic E-state index is 12.9. The Kier molecular flexibility index (Phi) is 4.35. The van der Waals surface area contributed by atoms with Gasteiger partial charge in [0.05, 0.1) is 12.2 Å². The Hall–Kier alpha value is -1.42. The van der Waals surface area contributed by atoms with E-state index < -0.39 is 45.3 Å². The summed E-state index contributed by atoms with van der Waals surface area (Å²) in [7, 11) is -4.61. The number of nitrogens with two attached hydrogens (primary N) is 1. The van der Waals surface area contributed by atoms with Gasteiger partial charge in [0.25, 0.3) is 0 Å². The lowest BCUT2D eigenvalue weighted by Gasteiger charge is -2.16. The molecule has 0 radical (unpaired) electrons. The van der Waals surface area contributed by atoms with Gasteiger partial charge in [-0.15, -0.1) is 0 Å². The molecule has 108 valence electrons. The molecular weight excluding hydrogens is 295 g/mol. The molecule has 4 nitrogen and oxygen atoms in total. The second-order valence-corrected chi connectivity index (χ2v) is 5.30. The Morgan fingerprint density at radius 1 is 1.32 bits per heavy atom. The lowest BCUT2D eigenvalue weighted by atomic mass is 10.3. The van der Waals surface area contributed by atoms with E-state index in [9.17, 15) is 30.4 Å². The van der Waals surface area contributed by atoms with E-state index >= 15 is 0 Å². The Morgan fingerprint density at radius 2 is 1.89 bits per heavy atom. The number of hydrogen-bond donors (Lipinski definition) is 2. The van der Waals surface area contributed by atoms with Gasteiger partial charge in [0, 0.05) is 0 Å². The Morgan fingerprint density at radius 3 is 2.42 bits per heavy atom. The highest BCUT2D eigenvalue weighted by molar-refractivity contribution is 7.89. The Bertz CT molecular complexity index is 562. The summed E-state index contributed by atoms with van der Waals surface area (Å²) in [6.07, 6.45) is -4.03. The lowest BCUT2D eigenvalue weighted by Crippen LogP contribution is -2.41. The van der Waals surface area contributed by atoms with E-state index in [2.05, 4.69) is 0 Å². The maximum Gasteiger partial charge on any atom is 0.320 e. The van der Waals surface area contributed by atoms with Crippen molar-refractivity contribution in [3.8, 4) is 0 Å². The van der Waals surface area contributed by atoms with Crippen LogP contribution in [0.15, 0.2) is 23.1 Å². The number of nitrogen functional groups attached to an aromatic ring is 1. The number of alkyl halides is 4. The second-order valence-electron chi connectivity index (χ2n) is 3.57. The minimum Gasteiger partial charge on any atom is -0.398 e. The van der Waals surface area contributed by atoms with Crippen molar-refractivity contribution in [2.75, 3.05) is 12.3 Å². The second kappa shape index (κ2) is 5.29. The normalized spacial score (nSPS) is 12.9. The topological polar surface area (TPSA) is 72.2 Å². The fraction of sp³-hybridized carbons (Fsp3) is 0.333. The van der Waals surface area contributed by atoms with Crippen molar-refractivity contribution < 1.29 is 30.4 Å². The molecule has 0 aliphatic heterocycles. The van der Waals surface area contributed by atoms with Gasteiger partial charge in [0.1, 0.15) is 10.7 Å². The molecule has 0 heterocycles. The zero-order valence-electron chi connectivity index (χ0n) is 9.21. The van der Waals surface area contributed by atoms with Crippen LogP contribution in [0.1, 0.15) is 0 Å². The van der Waals surface area contributed by atoms with E-state index in [1.165, 1.54) is 4.72 Å². The highest BCUT2D eigenvalue weighted by Crippen LogP contribution is 2.24. The number of halogens is 5. The molecule has 1 aromatic rings. The molecule has 0 bridgehead atoms. The van der Waals surface area contributed by atoms with Crippen molar-refractivity contribution >= 4 is 15.7 Å². The quantitative estimate of drug-likeness (QED) is 0.641. The Balaban J connectivity index is 2.97.